The van der Waals surface area contributed by atoms with Crippen LogP contribution in [0.3, 0.4) is 0 Å². The normalized spacial score (nSPS) is 10.4. The van der Waals surface area contributed by atoms with Gasteiger partial charge in [-0.1, -0.05) is 36.4 Å². The van der Waals surface area contributed by atoms with Gasteiger partial charge < -0.3 is 15.4 Å². The summed E-state index contributed by atoms with van der Waals surface area (Å²) >= 11 is 0. The lowest BCUT2D eigenvalue weighted by Crippen LogP contribution is -2.19. The number of anilines is 2. The van der Waals surface area contributed by atoms with Crippen LogP contribution in [-0.4, -0.2) is 28.2 Å². The van der Waals surface area contributed by atoms with E-state index in [-0.39, 0.29) is 23.2 Å². The van der Waals surface area contributed by atoms with Gasteiger partial charge >= 0.3 is 0 Å². The second kappa shape index (κ2) is 9.61. The van der Waals surface area contributed by atoms with Crippen molar-refractivity contribution in [3.8, 4) is 11.4 Å². The van der Waals surface area contributed by atoms with Crippen LogP contribution in [0.15, 0.2) is 91.1 Å². The summed E-state index contributed by atoms with van der Waals surface area (Å²) in [4.78, 5) is 25.9. The van der Waals surface area contributed by atoms with Crippen LogP contribution in [0.1, 0.15) is 27.6 Å². The summed E-state index contributed by atoms with van der Waals surface area (Å²) in [5.41, 5.74) is 2.04. The van der Waals surface area contributed by atoms with E-state index in [4.69, 9.17) is 4.74 Å². The maximum Gasteiger partial charge on any atom is 0.261 e. The smallest absolute Gasteiger partial charge is 0.261 e. The van der Waals surface area contributed by atoms with E-state index in [1.165, 1.54) is 10.9 Å². The topological polar surface area (TPSA) is 85.2 Å². The minimum Gasteiger partial charge on any atom is -0.494 e. The Balaban J connectivity index is 1.64. The number of benzene rings is 3. The predicted octanol–water partition coefficient (Wildman–Crippen LogP) is 4.78. The largest absolute Gasteiger partial charge is 0.494 e. The molecule has 0 radical (unpaired) electrons. The highest BCUT2D eigenvalue weighted by Crippen LogP contribution is 2.23. The number of hydrogen-bond acceptors (Lipinski definition) is 4. The Kier molecular flexibility index (Phi) is 6.27. The highest BCUT2D eigenvalue weighted by molar-refractivity contribution is 6.12. The Morgan fingerprint density at radius 2 is 1.50 bits per heavy atom. The Labute approximate surface area is 185 Å². The Morgan fingerprint density at radius 1 is 0.844 bits per heavy atom. The lowest BCUT2D eigenvalue weighted by molar-refractivity contribution is 0.102. The number of rotatable bonds is 7. The molecule has 0 saturated heterocycles. The molecule has 160 valence electrons. The molecule has 2 N–H and O–H groups in total. The highest BCUT2D eigenvalue weighted by atomic mass is 16.5. The average molecular weight is 426 g/mol. The SMILES string of the molecule is CCOc1ccc(NC(=O)c2cnn(-c3ccccc3)c2NC(=O)c2ccccc2)cc1. The van der Waals surface area contributed by atoms with E-state index >= 15 is 0 Å². The zero-order valence-corrected chi connectivity index (χ0v) is 17.5. The van der Waals surface area contributed by atoms with Crippen molar-refractivity contribution in [1.82, 2.24) is 9.78 Å². The van der Waals surface area contributed by atoms with Gasteiger partial charge in [0.25, 0.3) is 11.8 Å². The third-order valence-corrected chi connectivity index (χ3v) is 4.71. The van der Waals surface area contributed by atoms with Gasteiger partial charge in [-0.25, -0.2) is 4.68 Å². The zero-order chi connectivity index (χ0) is 22.3. The molecule has 4 aromatic rings. The van der Waals surface area contributed by atoms with Gasteiger partial charge in [-0.15, -0.1) is 0 Å². The van der Waals surface area contributed by atoms with E-state index in [2.05, 4.69) is 15.7 Å². The summed E-state index contributed by atoms with van der Waals surface area (Å²) in [5, 5.41) is 10.0. The van der Waals surface area contributed by atoms with E-state index in [1.807, 2.05) is 43.3 Å². The van der Waals surface area contributed by atoms with Crippen molar-refractivity contribution in [3.63, 3.8) is 0 Å². The fraction of sp³-hybridized carbons (Fsp3) is 0.0800. The molecule has 0 aliphatic carbocycles. The van der Waals surface area contributed by atoms with Crippen LogP contribution in [0.25, 0.3) is 5.69 Å². The van der Waals surface area contributed by atoms with Gasteiger partial charge in [-0.05, 0) is 55.5 Å². The molecule has 0 aliphatic heterocycles. The third kappa shape index (κ3) is 4.67. The molecular weight excluding hydrogens is 404 g/mol. The number of nitrogens with zero attached hydrogens (tertiary/aromatic N) is 2. The van der Waals surface area contributed by atoms with Crippen LogP contribution in [-0.2, 0) is 0 Å². The van der Waals surface area contributed by atoms with Crippen molar-refractivity contribution in [2.24, 2.45) is 0 Å². The summed E-state index contributed by atoms with van der Waals surface area (Å²) in [6.07, 6.45) is 1.44. The average Bonchev–Trinajstić information content (AvgIpc) is 3.25. The molecular formula is C25H22N4O3. The van der Waals surface area contributed by atoms with Gasteiger partial charge in [0.05, 0.1) is 18.5 Å². The van der Waals surface area contributed by atoms with Gasteiger partial charge in [-0.3, -0.25) is 9.59 Å². The monoisotopic (exact) mass is 426 g/mol. The summed E-state index contributed by atoms with van der Waals surface area (Å²) in [5.74, 6) is 0.282. The second-order valence-corrected chi connectivity index (χ2v) is 6.89. The maximum atomic E-state index is 13.1. The van der Waals surface area contributed by atoms with Gasteiger partial charge in [0.2, 0.25) is 0 Å². The standard InChI is InChI=1S/C25H22N4O3/c1-2-32-21-15-13-19(14-16-21)27-25(31)22-17-26-29(20-11-7-4-8-12-20)23(22)28-24(30)18-9-5-3-6-10-18/h3-17H,2H2,1H3,(H,27,31)(H,28,30). The summed E-state index contributed by atoms with van der Waals surface area (Å²) in [6.45, 7) is 2.47. The third-order valence-electron chi connectivity index (χ3n) is 4.71. The van der Waals surface area contributed by atoms with E-state index < -0.39 is 0 Å². The van der Waals surface area contributed by atoms with Crippen molar-refractivity contribution < 1.29 is 14.3 Å². The lowest BCUT2D eigenvalue weighted by Gasteiger charge is -2.12. The number of amides is 2. The van der Waals surface area contributed by atoms with E-state index in [9.17, 15) is 9.59 Å². The number of para-hydroxylation sites is 1. The van der Waals surface area contributed by atoms with Crippen LogP contribution in [0, 0.1) is 0 Å². The van der Waals surface area contributed by atoms with Crippen LogP contribution in [0.5, 0.6) is 5.75 Å². The van der Waals surface area contributed by atoms with Crippen LogP contribution in [0.2, 0.25) is 0 Å². The molecule has 0 saturated carbocycles. The number of ether oxygens (including phenoxy) is 1. The summed E-state index contributed by atoms with van der Waals surface area (Å²) in [6, 6.07) is 25.2. The number of aromatic nitrogens is 2. The lowest BCUT2D eigenvalue weighted by atomic mass is 10.2. The van der Waals surface area contributed by atoms with E-state index in [0.29, 0.717) is 17.9 Å². The number of nitrogens with one attached hydrogen (secondary N) is 2. The second-order valence-electron chi connectivity index (χ2n) is 6.89. The van der Waals surface area contributed by atoms with Gasteiger partial charge in [0, 0.05) is 11.3 Å². The molecule has 0 fully saturated rings. The quantitative estimate of drug-likeness (QED) is 0.446. The highest BCUT2D eigenvalue weighted by Gasteiger charge is 2.21. The maximum absolute atomic E-state index is 13.1. The molecule has 1 aromatic heterocycles. The fourth-order valence-electron chi connectivity index (χ4n) is 3.17. The van der Waals surface area contributed by atoms with E-state index in [0.717, 1.165) is 11.4 Å². The zero-order valence-electron chi connectivity index (χ0n) is 17.5. The van der Waals surface area contributed by atoms with Crippen LogP contribution < -0.4 is 15.4 Å². The molecule has 3 aromatic carbocycles. The molecule has 32 heavy (non-hydrogen) atoms. The minimum atomic E-state index is -0.389. The molecule has 0 bridgehead atoms. The molecule has 0 spiro atoms. The first-order valence-corrected chi connectivity index (χ1v) is 10.2. The molecule has 0 unspecified atom stereocenters. The van der Waals surface area contributed by atoms with Crippen molar-refractivity contribution in [1.29, 1.82) is 0 Å². The predicted molar refractivity (Wildman–Crippen MR) is 124 cm³/mol. The van der Waals surface area contributed by atoms with Crippen molar-refractivity contribution in [2.75, 3.05) is 17.2 Å². The Bertz CT molecular complexity index is 1200. The molecule has 1 heterocycles. The van der Waals surface area contributed by atoms with Gasteiger partial charge in [0.15, 0.2) is 0 Å². The molecule has 0 atom stereocenters. The van der Waals surface area contributed by atoms with Crippen molar-refractivity contribution in [2.45, 2.75) is 6.92 Å². The molecule has 7 nitrogen and oxygen atoms in total. The molecule has 7 heteroatoms. The van der Waals surface area contributed by atoms with Crippen LogP contribution >= 0.6 is 0 Å². The first kappa shape index (κ1) is 20.9. The Morgan fingerprint density at radius 3 is 2.16 bits per heavy atom. The van der Waals surface area contributed by atoms with Gasteiger partial charge in [-0.2, -0.15) is 5.10 Å². The fourth-order valence-corrected chi connectivity index (χ4v) is 3.17. The van der Waals surface area contributed by atoms with E-state index in [1.54, 1.807) is 48.5 Å². The molecule has 0 aliphatic rings. The number of hydrogen-bond donors (Lipinski definition) is 2. The van der Waals surface area contributed by atoms with Crippen molar-refractivity contribution in [3.05, 3.63) is 102 Å². The first-order chi connectivity index (χ1) is 15.7. The molecule has 2 amide bonds. The van der Waals surface area contributed by atoms with Crippen LogP contribution in [0.4, 0.5) is 11.5 Å². The summed E-state index contributed by atoms with van der Waals surface area (Å²) in [7, 11) is 0. The summed E-state index contributed by atoms with van der Waals surface area (Å²) < 4.78 is 6.97. The van der Waals surface area contributed by atoms with Crippen molar-refractivity contribution >= 4 is 23.3 Å². The van der Waals surface area contributed by atoms with Gasteiger partial charge in [0.1, 0.15) is 17.1 Å². The Hall–Kier alpha value is -4.39. The number of carbonyl (C=O) groups is 2. The number of carbonyl (C=O) groups excluding carboxylic acids is 2. The minimum absolute atomic E-state index is 0.243. The first-order valence-electron chi connectivity index (χ1n) is 10.2. The molecule has 4 rings (SSSR count).